The second-order valence-corrected chi connectivity index (χ2v) is 14.4. The van der Waals surface area contributed by atoms with Crippen molar-refractivity contribution in [3.8, 4) is 5.82 Å². The SMILES string of the molecule is Cc1cc2ccc[c-]c2n1-c1cn(C)c(C([N-]c2c(C(C)C)cccc2C(C)C)c2c(C(C)C)cc(C(C)C)cc2C(C)C)n1.[CH3-].[CH3-].[Hf]. The number of rotatable bonds is 10. The number of hydrogen-bond acceptors (Lipinski definition) is 1. The minimum absolute atomic E-state index is 0. The molecule has 0 saturated carbocycles. The summed E-state index contributed by atoms with van der Waals surface area (Å²) >= 11 is 0. The molecule has 3 aromatic carbocycles. The quantitative estimate of drug-likeness (QED) is 0.102. The van der Waals surface area contributed by atoms with E-state index >= 15 is 0 Å². The van der Waals surface area contributed by atoms with Gasteiger partial charge in [-0.15, -0.1) is 11.1 Å². The summed E-state index contributed by atoms with van der Waals surface area (Å²) in [4.78, 5) is 5.46. The minimum atomic E-state index is -0.275. The van der Waals surface area contributed by atoms with E-state index in [2.05, 4.69) is 147 Å². The first-order valence-electron chi connectivity index (χ1n) is 16.8. The van der Waals surface area contributed by atoms with Gasteiger partial charge < -0.3 is 29.3 Å². The standard InChI is InChI=1S/C41H52N4.2CH3.Hf/c1-24(2)31-21-34(27(7)8)38(35(22-31)28(9)10)40(43-39-32(25(3)4)17-15-18-33(39)26(5)6)41-42-37(23-44(41)12)45-29(11)20-30-16-13-14-19-36(30)45;;;/h13-18,20-28,40H,1-12H3;2*1H3;/q-2;2*-1;. The van der Waals surface area contributed by atoms with Crippen LogP contribution in [0.25, 0.3) is 22.0 Å². The van der Waals surface area contributed by atoms with E-state index in [4.69, 9.17) is 10.3 Å². The molecule has 0 amide bonds. The molecule has 0 saturated heterocycles. The summed E-state index contributed by atoms with van der Waals surface area (Å²) in [6.07, 6.45) is 2.16. The summed E-state index contributed by atoms with van der Waals surface area (Å²) in [5.41, 5.74) is 11.3. The van der Waals surface area contributed by atoms with Crippen LogP contribution in [0, 0.1) is 27.8 Å². The van der Waals surface area contributed by atoms with Crippen molar-refractivity contribution in [1.29, 1.82) is 0 Å². The van der Waals surface area contributed by atoms with Gasteiger partial charge in [0.05, 0.1) is 0 Å². The Labute approximate surface area is 311 Å². The van der Waals surface area contributed by atoms with Gasteiger partial charge in [-0.25, -0.2) is 4.98 Å². The number of imidazole rings is 1. The van der Waals surface area contributed by atoms with E-state index in [0.29, 0.717) is 29.6 Å². The number of aromatic nitrogens is 3. The van der Waals surface area contributed by atoms with E-state index < -0.39 is 0 Å². The number of benzene rings is 3. The van der Waals surface area contributed by atoms with Crippen LogP contribution >= 0.6 is 0 Å². The zero-order valence-corrected chi connectivity index (χ0v) is 35.6. The normalized spacial score (nSPS) is 12.1. The Bertz CT molecular complexity index is 1750. The predicted octanol–water partition coefficient (Wildman–Crippen LogP) is 12.8. The number of nitrogens with zero attached hydrogens (tertiary/aromatic N) is 4. The van der Waals surface area contributed by atoms with E-state index in [0.717, 1.165) is 28.5 Å². The van der Waals surface area contributed by atoms with Gasteiger partial charge in [-0.1, -0.05) is 122 Å². The molecule has 2 aromatic heterocycles. The predicted molar refractivity (Wildman–Crippen MR) is 205 cm³/mol. The molecule has 0 aliphatic carbocycles. The molecular weight excluding hydrogens is 751 g/mol. The fourth-order valence-corrected chi connectivity index (χ4v) is 6.71. The maximum atomic E-state index is 5.84. The summed E-state index contributed by atoms with van der Waals surface area (Å²) < 4.78 is 4.43. The van der Waals surface area contributed by atoms with Crippen LogP contribution in [0.4, 0.5) is 5.69 Å². The Kier molecular flexibility index (Phi) is 14.3. The fraction of sp³-hybridized carbons (Fsp3) is 0.419. The van der Waals surface area contributed by atoms with E-state index in [-0.39, 0.29) is 46.7 Å². The molecule has 0 fully saturated rings. The maximum absolute atomic E-state index is 5.84. The van der Waals surface area contributed by atoms with Crippen molar-refractivity contribution in [2.24, 2.45) is 7.05 Å². The number of para-hydroxylation sites is 2. The third-order valence-electron chi connectivity index (χ3n) is 9.23. The van der Waals surface area contributed by atoms with E-state index in [1.807, 2.05) is 12.1 Å². The average molecular weight is 809 g/mol. The van der Waals surface area contributed by atoms with Gasteiger partial charge in [0, 0.05) is 44.8 Å². The summed E-state index contributed by atoms with van der Waals surface area (Å²) in [6.45, 7) is 25.1. The van der Waals surface area contributed by atoms with Crippen LogP contribution in [0.15, 0.2) is 60.8 Å². The molecule has 0 radical (unpaired) electrons. The van der Waals surface area contributed by atoms with E-state index in [1.54, 1.807) is 0 Å². The molecule has 5 rings (SSSR count). The van der Waals surface area contributed by atoms with Crippen LogP contribution in [0.2, 0.25) is 0 Å². The number of fused-ring (bicyclic) bond motifs is 1. The van der Waals surface area contributed by atoms with Gasteiger partial charge in [0.25, 0.3) is 0 Å². The van der Waals surface area contributed by atoms with Crippen molar-refractivity contribution in [2.75, 3.05) is 0 Å². The van der Waals surface area contributed by atoms with Crippen molar-refractivity contribution in [3.63, 3.8) is 0 Å². The number of aryl methyl sites for hydroxylation is 2. The monoisotopic (exact) mass is 810 g/mol. The summed E-state index contributed by atoms with van der Waals surface area (Å²) in [6, 6.07) is 23.2. The minimum Gasteiger partial charge on any atom is -0.671 e. The van der Waals surface area contributed by atoms with E-state index in [9.17, 15) is 0 Å². The van der Waals surface area contributed by atoms with Crippen LogP contribution in [0.1, 0.15) is 150 Å². The first-order chi connectivity index (χ1) is 21.3. The van der Waals surface area contributed by atoms with Gasteiger partial charge in [0.1, 0.15) is 5.82 Å². The summed E-state index contributed by atoms with van der Waals surface area (Å²) in [5.74, 6) is 3.67. The van der Waals surface area contributed by atoms with Crippen molar-refractivity contribution in [2.45, 2.75) is 112 Å². The molecule has 0 N–H and O–H groups in total. The first kappa shape index (κ1) is 41.3. The molecule has 5 heteroatoms. The van der Waals surface area contributed by atoms with Crippen LogP contribution < -0.4 is 0 Å². The smallest absolute Gasteiger partial charge is 0.153 e. The van der Waals surface area contributed by atoms with Gasteiger partial charge in [0.15, 0.2) is 5.82 Å². The Balaban J connectivity index is 0.00000267. The van der Waals surface area contributed by atoms with Gasteiger partial charge in [-0.3, -0.25) is 0 Å². The van der Waals surface area contributed by atoms with Crippen LogP contribution in [-0.4, -0.2) is 14.1 Å². The Morgan fingerprint density at radius 1 is 0.708 bits per heavy atom. The third kappa shape index (κ3) is 7.93. The molecule has 0 bridgehead atoms. The van der Waals surface area contributed by atoms with E-state index in [1.165, 1.54) is 38.8 Å². The zero-order chi connectivity index (χ0) is 32.7. The molecular formula is C43H58HfN4-4. The van der Waals surface area contributed by atoms with Crippen molar-refractivity contribution < 1.29 is 25.8 Å². The molecule has 1 unspecified atom stereocenters. The first-order valence-corrected chi connectivity index (χ1v) is 16.8. The second-order valence-electron chi connectivity index (χ2n) is 14.4. The molecule has 5 aromatic rings. The van der Waals surface area contributed by atoms with Gasteiger partial charge in [0.2, 0.25) is 0 Å². The van der Waals surface area contributed by atoms with Crippen molar-refractivity contribution in [1.82, 2.24) is 14.1 Å². The topological polar surface area (TPSA) is 36.9 Å². The molecule has 4 nitrogen and oxygen atoms in total. The molecule has 258 valence electrons. The molecule has 0 aliphatic heterocycles. The molecule has 1 atom stereocenters. The van der Waals surface area contributed by atoms with Crippen LogP contribution in [-0.2, 0) is 32.9 Å². The van der Waals surface area contributed by atoms with Gasteiger partial charge in [-0.2, -0.15) is 24.3 Å². The van der Waals surface area contributed by atoms with Crippen molar-refractivity contribution >= 4 is 16.6 Å². The summed E-state index contributed by atoms with van der Waals surface area (Å²) in [7, 11) is 2.13. The number of hydrogen-bond donors (Lipinski definition) is 0. The van der Waals surface area contributed by atoms with Gasteiger partial charge >= 0.3 is 0 Å². The second kappa shape index (κ2) is 16.7. The molecule has 48 heavy (non-hydrogen) atoms. The Morgan fingerprint density at radius 3 is 1.75 bits per heavy atom. The Hall–Kier alpha value is -2.92. The maximum Gasteiger partial charge on any atom is 0.153 e. The third-order valence-corrected chi connectivity index (χ3v) is 9.23. The summed E-state index contributed by atoms with van der Waals surface area (Å²) in [5, 5.41) is 7.01. The van der Waals surface area contributed by atoms with Crippen LogP contribution in [0.3, 0.4) is 0 Å². The zero-order valence-electron chi connectivity index (χ0n) is 32.0. The van der Waals surface area contributed by atoms with Gasteiger partial charge in [-0.05, 0) is 64.8 Å². The van der Waals surface area contributed by atoms with Crippen molar-refractivity contribution in [3.05, 3.63) is 132 Å². The molecule has 0 spiro atoms. The molecule has 2 heterocycles. The Morgan fingerprint density at radius 2 is 1.25 bits per heavy atom. The molecule has 0 aliphatic rings. The average Bonchev–Trinajstić information content (AvgIpc) is 3.52. The fourth-order valence-electron chi connectivity index (χ4n) is 6.71. The van der Waals surface area contributed by atoms with Crippen LogP contribution in [0.5, 0.6) is 0 Å². The largest absolute Gasteiger partial charge is 0.671 e.